The summed E-state index contributed by atoms with van der Waals surface area (Å²) in [5, 5.41) is 0. The molecule has 0 aromatic rings. The van der Waals surface area contributed by atoms with E-state index in [-0.39, 0.29) is 0 Å². The average molecular weight is 232 g/mol. The number of nitrogens with zero attached hydrogens (tertiary/aromatic N) is 1. The Morgan fingerprint density at radius 1 is 1.07 bits per heavy atom. The normalized spacial score (nSPS) is 22.4. The first kappa shape index (κ1) is 13.3. The monoisotopic (exact) mass is 231 g/mol. The summed E-state index contributed by atoms with van der Waals surface area (Å²) in [6.45, 7) is 4.72. The van der Waals surface area contributed by atoms with Crippen molar-refractivity contribution in [1.29, 1.82) is 0 Å². The zero-order valence-corrected chi connectivity index (χ0v) is 10.9. The Labute approximate surface area is 100 Å². The fourth-order valence-electron chi connectivity index (χ4n) is 2.31. The van der Waals surface area contributed by atoms with Crippen LogP contribution in [-0.2, 0) is 0 Å². The van der Waals surface area contributed by atoms with Crippen LogP contribution in [0.15, 0.2) is 0 Å². The number of unbranched alkanes of at least 4 members (excludes halogenated alkanes) is 6. The van der Waals surface area contributed by atoms with Crippen molar-refractivity contribution in [2.75, 3.05) is 13.1 Å². The van der Waals surface area contributed by atoms with Gasteiger partial charge in [0.15, 0.2) is 0 Å². The Bertz CT molecular complexity index is 149. The topological polar surface area (TPSA) is 3.24 Å². The Morgan fingerprint density at radius 2 is 1.73 bits per heavy atom. The highest BCUT2D eigenvalue weighted by atomic mass is 35.5. The van der Waals surface area contributed by atoms with Gasteiger partial charge < -0.3 is 0 Å². The van der Waals surface area contributed by atoms with Gasteiger partial charge in [-0.25, -0.2) is 0 Å². The molecular formula is C13H26ClN. The van der Waals surface area contributed by atoms with Crippen LogP contribution in [0.25, 0.3) is 0 Å². The first-order valence-corrected chi connectivity index (χ1v) is 7.16. The lowest BCUT2D eigenvalue weighted by atomic mass is 10.1. The molecule has 0 spiro atoms. The van der Waals surface area contributed by atoms with Crippen molar-refractivity contribution in [1.82, 2.24) is 4.90 Å². The van der Waals surface area contributed by atoms with E-state index in [0.29, 0.717) is 5.50 Å². The molecule has 1 saturated heterocycles. The minimum Gasteiger partial charge on any atom is -0.287 e. The van der Waals surface area contributed by atoms with E-state index < -0.39 is 0 Å². The third kappa shape index (κ3) is 5.77. The SMILES string of the molecule is CCCCCCCCCN1CCCC1Cl. The summed E-state index contributed by atoms with van der Waals surface area (Å²) >= 11 is 6.19. The highest BCUT2D eigenvalue weighted by Gasteiger charge is 2.20. The minimum atomic E-state index is 0.338. The lowest BCUT2D eigenvalue weighted by Gasteiger charge is -2.18. The number of hydrogen-bond acceptors (Lipinski definition) is 1. The fourth-order valence-corrected chi connectivity index (χ4v) is 2.66. The van der Waals surface area contributed by atoms with Gasteiger partial charge in [0.1, 0.15) is 0 Å². The summed E-state index contributed by atoms with van der Waals surface area (Å²) in [6.07, 6.45) is 12.3. The summed E-state index contributed by atoms with van der Waals surface area (Å²) in [5.74, 6) is 0. The third-order valence-electron chi connectivity index (χ3n) is 3.33. The van der Waals surface area contributed by atoms with Crippen molar-refractivity contribution in [3.05, 3.63) is 0 Å². The average Bonchev–Trinajstić information content (AvgIpc) is 2.63. The summed E-state index contributed by atoms with van der Waals surface area (Å²) in [7, 11) is 0. The molecule has 0 bridgehead atoms. The van der Waals surface area contributed by atoms with Gasteiger partial charge in [-0.2, -0.15) is 0 Å². The maximum Gasteiger partial charge on any atom is 0.0850 e. The Balaban J connectivity index is 1.84. The van der Waals surface area contributed by atoms with E-state index in [9.17, 15) is 0 Å². The molecule has 15 heavy (non-hydrogen) atoms. The second-order valence-corrected chi connectivity index (χ2v) is 5.24. The van der Waals surface area contributed by atoms with E-state index in [1.807, 2.05) is 0 Å². The maximum atomic E-state index is 6.19. The van der Waals surface area contributed by atoms with Crippen molar-refractivity contribution >= 4 is 11.6 Å². The van der Waals surface area contributed by atoms with Crippen LogP contribution in [0.3, 0.4) is 0 Å². The largest absolute Gasteiger partial charge is 0.287 e. The summed E-state index contributed by atoms with van der Waals surface area (Å²) in [6, 6.07) is 0. The summed E-state index contributed by atoms with van der Waals surface area (Å²) < 4.78 is 0. The van der Waals surface area contributed by atoms with E-state index >= 15 is 0 Å². The van der Waals surface area contributed by atoms with Gasteiger partial charge in [-0.1, -0.05) is 45.4 Å². The molecule has 0 N–H and O–H groups in total. The third-order valence-corrected chi connectivity index (χ3v) is 3.83. The Kier molecular flexibility index (Phi) is 7.46. The molecule has 0 aliphatic carbocycles. The van der Waals surface area contributed by atoms with Gasteiger partial charge in [-0.05, 0) is 32.4 Å². The second-order valence-electron chi connectivity index (χ2n) is 4.73. The van der Waals surface area contributed by atoms with Crippen molar-refractivity contribution in [2.45, 2.75) is 70.2 Å². The quantitative estimate of drug-likeness (QED) is 0.340. The van der Waals surface area contributed by atoms with Crippen molar-refractivity contribution in [3.63, 3.8) is 0 Å². The summed E-state index contributed by atoms with van der Waals surface area (Å²) in [5.41, 5.74) is 0.338. The van der Waals surface area contributed by atoms with E-state index in [1.165, 1.54) is 70.9 Å². The predicted molar refractivity (Wildman–Crippen MR) is 68.4 cm³/mol. The number of alkyl halides is 1. The highest BCUT2D eigenvalue weighted by molar-refractivity contribution is 6.20. The highest BCUT2D eigenvalue weighted by Crippen LogP contribution is 2.20. The molecule has 1 unspecified atom stereocenters. The standard InChI is InChI=1S/C13H26ClN/c1-2-3-4-5-6-7-8-11-15-12-9-10-13(15)14/h13H,2-12H2,1H3. The van der Waals surface area contributed by atoms with Crippen LogP contribution < -0.4 is 0 Å². The molecule has 1 fully saturated rings. The van der Waals surface area contributed by atoms with Crippen LogP contribution in [0, 0.1) is 0 Å². The zero-order valence-electron chi connectivity index (χ0n) is 10.2. The first-order chi connectivity index (χ1) is 7.34. The molecule has 1 heterocycles. The molecule has 0 amide bonds. The molecule has 1 nitrogen and oxygen atoms in total. The molecule has 1 atom stereocenters. The Morgan fingerprint density at radius 3 is 2.33 bits per heavy atom. The van der Waals surface area contributed by atoms with Gasteiger partial charge in [0.2, 0.25) is 0 Å². The van der Waals surface area contributed by atoms with Gasteiger partial charge in [-0.15, -0.1) is 11.6 Å². The van der Waals surface area contributed by atoms with Crippen LogP contribution in [0.2, 0.25) is 0 Å². The molecule has 0 saturated carbocycles. The molecular weight excluding hydrogens is 206 g/mol. The molecule has 1 aliphatic rings. The minimum absolute atomic E-state index is 0.338. The molecule has 0 radical (unpaired) electrons. The second kappa shape index (κ2) is 8.41. The van der Waals surface area contributed by atoms with Crippen LogP contribution in [0.4, 0.5) is 0 Å². The van der Waals surface area contributed by atoms with Gasteiger partial charge >= 0.3 is 0 Å². The van der Waals surface area contributed by atoms with E-state index in [1.54, 1.807) is 0 Å². The number of hydrogen-bond donors (Lipinski definition) is 0. The first-order valence-electron chi connectivity index (χ1n) is 6.72. The molecule has 0 aromatic heterocycles. The van der Waals surface area contributed by atoms with Crippen LogP contribution in [0.1, 0.15) is 64.7 Å². The lowest BCUT2D eigenvalue weighted by molar-refractivity contribution is 0.303. The van der Waals surface area contributed by atoms with Crippen molar-refractivity contribution < 1.29 is 0 Å². The molecule has 90 valence electrons. The van der Waals surface area contributed by atoms with Gasteiger partial charge in [-0.3, -0.25) is 4.90 Å². The number of rotatable bonds is 8. The lowest BCUT2D eigenvalue weighted by Crippen LogP contribution is -2.26. The molecule has 1 aliphatic heterocycles. The Hall–Kier alpha value is 0.250. The van der Waals surface area contributed by atoms with E-state index in [4.69, 9.17) is 11.6 Å². The molecule has 1 rings (SSSR count). The fraction of sp³-hybridized carbons (Fsp3) is 1.00. The number of likely N-dealkylation sites (tertiary alicyclic amines) is 1. The van der Waals surface area contributed by atoms with Crippen LogP contribution in [-0.4, -0.2) is 23.5 Å². The van der Waals surface area contributed by atoms with E-state index in [0.717, 1.165) is 0 Å². The van der Waals surface area contributed by atoms with Crippen molar-refractivity contribution in [3.8, 4) is 0 Å². The smallest absolute Gasteiger partial charge is 0.0850 e. The van der Waals surface area contributed by atoms with E-state index in [2.05, 4.69) is 11.8 Å². The van der Waals surface area contributed by atoms with Crippen LogP contribution in [0.5, 0.6) is 0 Å². The molecule has 2 heteroatoms. The van der Waals surface area contributed by atoms with Gasteiger partial charge in [0.05, 0.1) is 5.50 Å². The predicted octanol–water partition coefficient (Wildman–Crippen LogP) is 4.40. The van der Waals surface area contributed by atoms with Crippen LogP contribution >= 0.6 is 11.6 Å². The van der Waals surface area contributed by atoms with Gasteiger partial charge in [0.25, 0.3) is 0 Å². The number of halogens is 1. The maximum absolute atomic E-state index is 6.19. The summed E-state index contributed by atoms with van der Waals surface area (Å²) in [4.78, 5) is 2.44. The molecule has 0 aromatic carbocycles. The van der Waals surface area contributed by atoms with Gasteiger partial charge in [0, 0.05) is 0 Å². The zero-order chi connectivity index (χ0) is 10.9. The van der Waals surface area contributed by atoms with Crippen molar-refractivity contribution in [2.24, 2.45) is 0 Å².